The van der Waals surface area contributed by atoms with Gasteiger partial charge in [-0.05, 0) is 49.5 Å². The second-order valence-corrected chi connectivity index (χ2v) is 19.6. The van der Waals surface area contributed by atoms with Gasteiger partial charge in [0, 0.05) is 49.1 Å². The number of rotatable bonds is 14. The summed E-state index contributed by atoms with van der Waals surface area (Å²) in [6, 6.07) is 6.51. The zero-order chi connectivity index (χ0) is 37.0. The number of hydrogen-bond acceptors (Lipinski definition) is 9. The van der Waals surface area contributed by atoms with Crippen molar-refractivity contribution >= 4 is 31.5 Å². The first-order chi connectivity index (χ1) is 23.5. The van der Waals surface area contributed by atoms with Crippen LogP contribution >= 0.6 is 0 Å². The highest BCUT2D eigenvalue weighted by Crippen LogP contribution is 2.39. The molecule has 2 aliphatic heterocycles. The molecule has 274 valence electrons. The number of nitrogens with two attached hydrogens (primary N) is 2. The normalized spacial score (nSPS) is 18.1. The van der Waals surface area contributed by atoms with Crippen LogP contribution in [0.2, 0.25) is 18.1 Å². The Morgan fingerprint density at radius 2 is 1.24 bits per heavy atom. The van der Waals surface area contributed by atoms with Crippen LogP contribution in [0.25, 0.3) is 0 Å². The molecule has 11 nitrogen and oxygen atoms in total. The van der Waals surface area contributed by atoms with Gasteiger partial charge >= 0.3 is 0 Å². The summed E-state index contributed by atoms with van der Waals surface area (Å²) in [6.07, 6.45) is 2.84. The molecule has 50 heavy (non-hydrogen) atoms. The van der Waals surface area contributed by atoms with Gasteiger partial charge in [-0.25, -0.2) is 0 Å². The number of hydrogen-bond donors (Lipinski definition) is 2. The van der Waals surface area contributed by atoms with Crippen LogP contribution in [0, 0.1) is 0 Å². The number of nitrogens with zero attached hydrogens (tertiary/aromatic N) is 2. The first kappa shape index (κ1) is 38.6. The molecule has 4 N–H and O–H groups in total. The highest BCUT2D eigenvalue weighted by atomic mass is 28.4. The minimum absolute atomic E-state index is 0.0632. The standard InChI is InChI=1S/C38H56N4O7Si/c1-11-26-15-24(2)21-41(26)36(43)28-17-32(45-7)34(19-30(28)39)47-13-12-14-48-35-20-31(40)29(18-33(35)46-8)37(44)42-22-25(3)16-27(42)23-49-50(9,10)38(4,5)6/h17-20,26-27H,2-3,11-16,21-23,39-40H2,1,4-10H3/t26-,27+/m1/s1. The first-order valence-corrected chi connectivity index (χ1v) is 20.2. The molecule has 4 rings (SSSR count). The second-order valence-electron chi connectivity index (χ2n) is 14.8. The predicted molar refractivity (Wildman–Crippen MR) is 201 cm³/mol. The maximum atomic E-state index is 13.8. The van der Waals surface area contributed by atoms with Crippen LogP contribution in [0.15, 0.2) is 48.6 Å². The molecular weight excluding hydrogens is 653 g/mol. The molecule has 0 aliphatic carbocycles. The number of ether oxygens (including phenoxy) is 4. The molecule has 2 heterocycles. The minimum Gasteiger partial charge on any atom is -0.493 e. The summed E-state index contributed by atoms with van der Waals surface area (Å²) >= 11 is 0. The van der Waals surface area contributed by atoms with Crippen LogP contribution in [0.4, 0.5) is 11.4 Å². The quantitative estimate of drug-likeness (QED) is 0.0952. The molecule has 2 saturated heterocycles. The summed E-state index contributed by atoms with van der Waals surface area (Å²) in [7, 11) is 1.05. The van der Waals surface area contributed by atoms with Gasteiger partial charge in [-0.15, -0.1) is 0 Å². The third-order valence-electron chi connectivity index (χ3n) is 10.1. The summed E-state index contributed by atoms with van der Waals surface area (Å²) in [5.74, 6) is 1.33. The Bertz CT molecular complexity index is 1600. The summed E-state index contributed by atoms with van der Waals surface area (Å²) in [5.41, 5.74) is 16.1. The maximum absolute atomic E-state index is 13.8. The predicted octanol–water partition coefficient (Wildman–Crippen LogP) is 6.69. The van der Waals surface area contributed by atoms with Crippen molar-refractivity contribution in [1.29, 1.82) is 0 Å². The number of nitrogen functional groups attached to an aromatic ring is 2. The molecule has 2 aromatic rings. The molecule has 2 fully saturated rings. The van der Waals surface area contributed by atoms with Crippen LogP contribution in [0.3, 0.4) is 0 Å². The van der Waals surface area contributed by atoms with Crippen LogP contribution in [0.5, 0.6) is 23.0 Å². The SMILES string of the molecule is C=C1C[C@@H](CC)N(C(=O)c2cc(OC)c(OCCCOc3cc(N)c(C(=O)N4CC(=C)C[C@H]4CO[Si](C)(C)C(C)(C)C)cc3OC)cc2N)C1. The van der Waals surface area contributed by atoms with Crippen LogP contribution in [-0.4, -0.2) is 89.1 Å². The smallest absolute Gasteiger partial charge is 0.256 e. The number of benzene rings is 2. The van der Waals surface area contributed by atoms with Crippen molar-refractivity contribution in [3.05, 3.63) is 59.7 Å². The molecule has 2 atom stereocenters. The Balaban J connectivity index is 1.36. The molecule has 2 aromatic carbocycles. The largest absolute Gasteiger partial charge is 0.493 e. The Labute approximate surface area is 298 Å². The third kappa shape index (κ3) is 8.58. The first-order valence-electron chi connectivity index (χ1n) is 17.3. The number of carbonyl (C=O) groups excluding carboxylic acids is 2. The third-order valence-corrected chi connectivity index (χ3v) is 14.6. The van der Waals surface area contributed by atoms with E-state index in [4.69, 9.17) is 34.8 Å². The van der Waals surface area contributed by atoms with E-state index in [2.05, 4.69) is 53.9 Å². The Morgan fingerprint density at radius 1 is 0.800 bits per heavy atom. The molecule has 12 heteroatoms. The molecule has 2 aliphatic rings. The lowest BCUT2D eigenvalue weighted by Gasteiger charge is -2.38. The van der Waals surface area contributed by atoms with Gasteiger partial charge < -0.3 is 44.6 Å². The number of amides is 2. The van der Waals surface area contributed by atoms with E-state index in [1.54, 1.807) is 29.2 Å². The lowest BCUT2D eigenvalue weighted by molar-refractivity contribution is 0.0685. The molecular formula is C38H56N4O7Si. The van der Waals surface area contributed by atoms with Crippen molar-refractivity contribution in [1.82, 2.24) is 9.80 Å². The van der Waals surface area contributed by atoms with Crippen molar-refractivity contribution < 1.29 is 33.0 Å². The molecule has 0 bridgehead atoms. The van der Waals surface area contributed by atoms with Crippen molar-refractivity contribution in [3.8, 4) is 23.0 Å². The van der Waals surface area contributed by atoms with E-state index < -0.39 is 8.32 Å². The zero-order valence-electron chi connectivity index (χ0n) is 31.1. The molecule has 0 unspecified atom stereocenters. The summed E-state index contributed by atoms with van der Waals surface area (Å²) in [6.45, 7) is 23.3. The van der Waals surface area contributed by atoms with Gasteiger partial charge in [-0.1, -0.05) is 52.0 Å². The fraction of sp³-hybridized carbons (Fsp3) is 0.526. The van der Waals surface area contributed by atoms with E-state index in [0.717, 1.165) is 24.0 Å². The number of methoxy groups -OCH3 is 2. The minimum atomic E-state index is -2.00. The van der Waals surface area contributed by atoms with Crippen molar-refractivity contribution in [2.24, 2.45) is 0 Å². The number of anilines is 2. The van der Waals surface area contributed by atoms with E-state index in [9.17, 15) is 9.59 Å². The van der Waals surface area contributed by atoms with E-state index in [1.165, 1.54) is 14.2 Å². The number of carbonyl (C=O) groups is 2. The average molecular weight is 709 g/mol. The van der Waals surface area contributed by atoms with E-state index in [1.807, 2.05) is 4.90 Å². The Morgan fingerprint density at radius 3 is 1.66 bits per heavy atom. The topological polar surface area (TPSA) is 139 Å². The fourth-order valence-corrected chi connectivity index (χ4v) is 7.11. The van der Waals surface area contributed by atoms with Crippen molar-refractivity contribution in [2.45, 2.75) is 83.6 Å². The fourth-order valence-electron chi connectivity index (χ4n) is 6.06. The van der Waals surface area contributed by atoms with Gasteiger partial charge in [0.15, 0.2) is 31.3 Å². The molecule has 0 saturated carbocycles. The Hall–Kier alpha value is -4.16. The highest BCUT2D eigenvalue weighted by Gasteiger charge is 2.40. The van der Waals surface area contributed by atoms with Gasteiger partial charge in [-0.2, -0.15) is 0 Å². The highest BCUT2D eigenvalue weighted by molar-refractivity contribution is 6.74. The van der Waals surface area contributed by atoms with Gasteiger partial charge in [0.1, 0.15) is 0 Å². The summed E-state index contributed by atoms with van der Waals surface area (Å²) in [5, 5.41) is 0.0632. The van der Waals surface area contributed by atoms with Gasteiger partial charge in [-0.3, -0.25) is 9.59 Å². The monoisotopic (exact) mass is 708 g/mol. The van der Waals surface area contributed by atoms with E-state index >= 15 is 0 Å². The van der Waals surface area contributed by atoms with E-state index in [0.29, 0.717) is 84.6 Å². The number of likely N-dealkylation sites (tertiary alicyclic amines) is 2. The molecule has 2 amide bonds. The molecule has 0 radical (unpaired) electrons. The summed E-state index contributed by atoms with van der Waals surface area (Å²) in [4.78, 5) is 30.8. The zero-order valence-corrected chi connectivity index (χ0v) is 32.1. The maximum Gasteiger partial charge on any atom is 0.256 e. The van der Waals surface area contributed by atoms with Gasteiger partial charge in [0.2, 0.25) is 0 Å². The second kappa shape index (κ2) is 15.8. The van der Waals surface area contributed by atoms with Gasteiger partial charge in [0.25, 0.3) is 11.8 Å². The van der Waals surface area contributed by atoms with Crippen molar-refractivity contribution in [3.63, 3.8) is 0 Å². The lowest BCUT2D eigenvalue weighted by atomic mass is 10.1. The van der Waals surface area contributed by atoms with Gasteiger partial charge in [0.05, 0.1) is 51.2 Å². The van der Waals surface area contributed by atoms with Crippen LogP contribution in [-0.2, 0) is 4.43 Å². The van der Waals surface area contributed by atoms with Crippen molar-refractivity contribution in [2.75, 3.05) is 58.6 Å². The van der Waals surface area contributed by atoms with Crippen LogP contribution < -0.4 is 30.4 Å². The van der Waals surface area contributed by atoms with E-state index in [-0.39, 0.29) is 35.5 Å². The molecule has 0 aromatic heterocycles. The lowest BCUT2D eigenvalue weighted by Crippen LogP contribution is -2.46. The molecule has 0 spiro atoms. The summed E-state index contributed by atoms with van der Waals surface area (Å²) < 4.78 is 29.6. The van der Waals surface area contributed by atoms with Crippen LogP contribution in [0.1, 0.15) is 74.1 Å². The Kier molecular flexibility index (Phi) is 12.2. The average Bonchev–Trinajstić information content (AvgIpc) is 3.64.